The van der Waals surface area contributed by atoms with Gasteiger partial charge in [-0.05, 0) is 48.5 Å². The summed E-state index contributed by atoms with van der Waals surface area (Å²) in [6.45, 7) is 0. The number of aryl methyl sites for hydroxylation is 2. The Labute approximate surface area is 235 Å². The Morgan fingerprint density at radius 2 is 0.929 bits per heavy atom. The second-order valence-corrected chi connectivity index (χ2v) is 9.06. The first kappa shape index (κ1) is 25.9. The number of aromatic nitrogens is 6. The molecule has 0 amide bonds. The van der Waals surface area contributed by atoms with Crippen molar-refractivity contribution in [2.45, 2.75) is 12.8 Å². The van der Waals surface area contributed by atoms with Gasteiger partial charge in [-0.25, -0.2) is 9.35 Å². The molecular formula is C26H20N10O6. The summed E-state index contributed by atoms with van der Waals surface area (Å²) >= 11 is 0. The monoisotopic (exact) mass is 568 g/mol. The Morgan fingerprint density at radius 1 is 0.571 bits per heavy atom. The van der Waals surface area contributed by atoms with Gasteiger partial charge in [0.05, 0.1) is 9.85 Å². The third-order valence-electron chi connectivity index (χ3n) is 6.48. The Kier molecular flexibility index (Phi) is 6.38. The van der Waals surface area contributed by atoms with Crippen molar-refractivity contribution in [1.82, 2.24) is 29.7 Å². The third-order valence-corrected chi connectivity index (χ3v) is 6.48. The first-order chi connectivity index (χ1) is 20.3. The van der Waals surface area contributed by atoms with Crippen LogP contribution in [0.25, 0.3) is 45.8 Å². The Hall–Kier alpha value is -6.32. The van der Waals surface area contributed by atoms with Gasteiger partial charge in [0.15, 0.2) is 23.2 Å². The predicted octanol–water partition coefficient (Wildman–Crippen LogP) is 3.75. The fraction of sp³-hybridized carbons (Fsp3) is 0.0769. The highest BCUT2D eigenvalue weighted by atomic mass is 16.6. The van der Waals surface area contributed by atoms with Crippen LogP contribution in [0, 0.1) is 20.2 Å². The van der Waals surface area contributed by atoms with E-state index >= 15 is 0 Å². The third kappa shape index (κ3) is 4.79. The molecule has 0 bridgehead atoms. The summed E-state index contributed by atoms with van der Waals surface area (Å²) in [4.78, 5) is 20.8. The number of nitro groups is 2. The van der Waals surface area contributed by atoms with Gasteiger partial charge in [-0.2, -0.15) is 0 Å². The number of non-ortho nitro benzene ring substituents is 2. The molecule has 0 atom stereocenters. The number of hydrogen-bond donors (Lipinski definition) is 2. The van der Waals surface area contributed by atoms with E-state index in [1.54, 1.807) is 48.5 Å². The van der Waals surface area contributed by atoms with Crippen LogP contribution in [0.3, 0.4) is 0 Å². The van der Waals surface area contributed by atoms with Crippen LogP contribution in [0.1, 0.15) is 11.6 Å². The number of nitrogens with two attached hydrogens (primary N) is 2. The van der Waals surface area contributed by atoms with Crippen LogP contribution < -0.4 is 11.7 Å². The smallest absolute Gasteiger partial charge is 0.269 e. The molecule has 2 aromatic carbocycles. The zero-order valence-corrected chi connectivity index (χ0v) is 21.5. The van der Waals surface area contributed by atoms with E-state index in [0.717, 1.165) is 0 Å². The first-order valence-corrected chi connectivity index (χ1v) is 12.4. The summed E-state index contributed by atoms with van der Waals surface area (Å²) in [7, 11) is 0. The lowest BCUT2D eigenvalue weighted by atomic mass is 10.1. The molecule has 0 aliphatic carbocycles. The van der Waals surface area contributed by atoms with Crippen LogP contribution in [-0.2, 0) is 12.8 Å². The van der Waals surface area contributed by atoms with Gasteiger partial charge in [0.2, 0.25) is 11.6 Å². The van der Waals surface area contributed by atoms with Gasteiger partial charge in [-0.1, -0.05) is 0 Å². The second-order valence-electron chi connectivity index (χ2n) is 9.06. The molecule has 16 nitrogen and oxygen atoms in total. The average molecular weight is 569 g/mol. The van der Waals surface area contributed by atoms with Crippen molar-refractivity contribution in [3.8, 4) is 45.8 Å². The molecule has 6 aromatic rings. The van der Waals surface area contributed by atoms with Gasteiger partial charge in [-0.3, -0.25) is 20.2 Å². The summed E-state index contributed by atoms with van der Waals surface area (Å²) in [6.07, 6.45) is 0.669. The van der Waals surface area contributed by atoms with Crippen molar-refractivity contribution in [2.75, 3.05) is 11.7 Å². The van der Waals surface area contributed by atoms with Crippen molar-refractivity contribution in [3.05, 3.63) is 105 Å². The average Bonchev–Trinajstić information content (AvgIpc) is 3.80. The Morgan fingerprint density at radius 3 is 1.29 bits per heavy atom. The Bertz CT molecular complexity index is 1780. The minimum absolute atomic E-state index is 0.0199. The molecule has 0 fully saturated rings. The molecule has 42 heavy (non-hydrogen) atoms. The molecule has 6 rings (SSSR count). The maximum absolute atomic E-state index is 10.9. The van der Waals surface area contributed by atoms with Gasteiger partial charge in [-0.15, -0.1) is 20.4 Å². The van der Waals surface area contributed by atoms with Crippen molar-refractivity contribution < 1.29 is 18.7 Å². The van der Waals surface area contributed by atoms with E-state index in [4.69, 9.17) is 20.5 Å². The van der Waals surface area contributed by atoms with Gasteiger partial charge in [0, 0.05) is 48.2 Å². The summed E-state index contributed by atoms with van der Waals surface area (Å²) in [5.74, 6) is 15.7. The Balaban J connectivity index is 1.14. The number of nitrogens with zero attached hydrogens (tertiary/aromatic N) is 8. The lowest BCUT2D eigenvalue weighted by Crippen LogP contribution is -2.18. The molecular weight excluding hydrogens is 548 g/mol. The fourth-order valence-electron chi connectivity index (χ4n) is 4.27. The number of rotatable bonds is 9. The van der Waals surface area contributed by atoms with Gasteiger partial charge >= 0.3 is 0 Å². The number of hydrogen-bond acceptors (Lipinski definition) is 12. The van der Waals surface area contributed by atoms with Crippen LogP contribution in [0.4, 0.5) is 11.4 Å². The van der Waals surface area contributed by atoms with E-state index in [-0.39, 0.29) is 11.4 Å². The van der Waals surface area contributed by atoms with Crippen molar-refractivity contribution in [2.24, 2.45) is 0 Å². The summed E-state index contributed by atoms with van der Waals surface area (Å²) in [5, 5.41) is 38.4. The highest BCUT2D eigenvalue weighted by Gasteiger charge is 2.20. The highest BCUT2D eigenvalue weighted by molar-refractivity contribution is 5.64. The van der Waals surface area contributed by atoms with E-state index in [0.29, 0.717) is 70.3 Å². The van der Waals surface area contributed by atoms with E-state index in [9.17, 15) is 20.2 Å². The number of benzene rings is 2. The SMILES string of the molecule is Nn1c(CCc2nnc(-c3ccc(-c4ccc([N+](=O)[O-])cc4)o3)n2N)nnc1-c1ccc(-c2ccc([N+](=O)[O-])cc2)o1. The number of nitro benzene ring substituents is 2. The molecule has 0 aliphatic heterocycles. The van der Waals surface area contributed by atoms with Crippen molar-refractivity contribution in [3.63, 3.8) is 0 Å². The molecule has 4 aromatic heterocycles. The molecule has 4 N–H and O–H groups in total. The van der Waals surface area contributed by atoms with E-state index < -0.39 is 9.85 Å². The molecule has 4 heterocycles. The zero-order chi connectivity index (χ0) is 29.4. The molecule has 0 saturated heterocycles. The topological polar surface area (TPSA) is 226 Å². The molecule has 0 spiro atoms. The summed E-state index contributed by atoms with van der Waals surface area (Å²) in [5.41, 5.74) is 1.27. The van der Waals surface area contributed by atoms with Crippen LogP contribution in [0.5, 0.6) is 0 Å². The van der Waals surface area contributed by atoms with Gasteiger partial charge in [0.25, 0.3) is 11.4 Å². The van der Waals surface area contributed by atoms with Gasteiger partial charge in [0.1, 0.15) is 11.5 Å². The van der Waals surface area contributed by atoms with Crippen molar-refractivity contribution >= 4 is 11.4 Å². The lowest BCUT2D eigenvalue weighted by molar-refractivity contribution is -0.385. The molecule has 210 valence electrons. The van der Waals surface area contributed by atoms with Crippen LogP contribution in [-0.4, -0.2) is 39.6 Å². The van der Waals surface area contributed by atoms with Crippen LogP contribution >= 0.6 is 0 Å². The predicted molar refractivity (Wildman–Crippen MR) is 147 cm³/mol. The minimum Gasteiger partial charge on any atom is -0.453 e. The zero-order valence-electron chi connectivity index (χ0n) is 21.5. The quantitative estimate of drug-likeness (QED) is 0.144. The minimum atomic E-state index is -0.471. The van der Waals surface area contributed by atoms with Crippen LogP contribution in [0.2, 0.25) is 0 Å². The fourth-order valence-corrected chi connectivity index (χ4v) is 4.27. The number of nitrogen functional groups attached to an aromatic ring is 2. The number of furan rings is 2. The molecule has 0 aliphatic rings. The van der Waals surface area contributed by atoms with E-state index in [2.05, 4.69) is 20.4 Å². The molecule has 16 heteroatoms. The molecule has 0 unspecified atom stereocenters. The largest absolute Gasteiger partial charge is 0.453 e. The summed E-state index contributed by atoms with van der Waals surface area (Å²) in [6, 6.07) is 18.8. The maximum Gasteiger partial charge on any atom is 0.269 e. The summed E-state index contributed by atoms with van der Waals surface area (Å²) < 4.78 is 14.4. The normalized spacial score (nSPS) is 11.1. The van der Waals surface area contributed by atoms with Crippen molar-refractivity contribution in [1.29, 1.82) is 0 Å². The molecule has 0 saturated carbocycles. The highest BCUT2D eigenvalue weighted by Crippen LogP contribution is 2.30. The first-order valence-electron chi connectivity index (χ1n) is 12.4. The van der Waals surface area contributed by atoms with Gasteiger partial charge < -0.3 is 20.5 Å². The van der Waals surface area contributed by atoms with Crippen LogP contribution in [0.15, 0.2) is 81.6 Å². The van der Waals surface area contributed by atoms with E-state index in [1.165, 1.54) is 33.6 Å². The second kappa shape index (κ2) is 10.3. The maximum atomic E-state index is 10.9. The molecule has 0 radical (unpaired) electrons. The van der Waals surface area contributed by atoms with E-state index in [1.807, 2.05) is 0 Å². The standard InChI is InChI=1S/C26H20N10O6/c27-33-23(29-31-25(33)21-11-9-19(41-21)15-1-5-17(6-2-15)35(37)38)13-14-24-30-32-26(34(24)28)22-12-10-20(42-22)16-3-7-18(8-4-16)36(39)40/h1-12H,13-14,27-28H2. The lowest BCUT2D eigenvalue weighted by Gasteiger charge is -2.04.